The minimum Gasteiger partial charge on any atom is -0.497 e. The average Bonchev–Trinajstić information content (AvgIpc) is 3.29. The number of hydrogen-bond acceptors (Lipinski definition) is 6. The molecule has 1 aliphatic carbocycles. The highest BCUT2D eigenvalue weighted by Gasteiger charge is 2.53. The zero-order valence-electron chi connectivity index (χ0n) is 17.7. The van der Waals surface area contributed by atoms with Crippen LogP contribution in [-0.2, 0) is 10.2 Å². The first-order valence-corrected chi connectivity index (χ1v) is 10.6. The molecule has 0 bridgehead atoms. The van der Waals surface area contributed by atoms with Gasteiger partial charge in [0.1, 0.15) is 17.6 Å². The topological polar surface area (TPSA) is 77.7 Å². The number of methoxy groups -OCH3 is 1. The van der Waals surface area contributed by atoms with Gasteiger partial charge in [0.25, 0.3) is 5.89 Å². The number of hydrogen-bond donors (Lipinski definition) is 0. The van der Waals surface area contributed by atoms with Crippen molar-refractivity contribution >= 4 is 5.91 Å². The van der Waals surface area contributed by atoms with Crippen molar-refractivity contribution in [2.45, 2.75) is 37.7 Å². The summed E-state index contributed by atoms with van der Waals surface area (Å²) in [4.78, 5) is 19.6. The summed E-state index contributed by atoms with van der Waals surface area (Å²) >= 11 is 0. The minimum atomic E-state index is -0.389. The number of ether oxygens (including phenoxy) is 2. The summed E-state index contributed by atoms with van der Waals surface area (Å²) in [7, 11) is 1.65. The molecule has 1 amide bonds. The first-order valence-electron chi connectivity index (χ1n) is 10.6. The monoisotopic (exact) mass is 419 g/mol. The molecular weight excluding hydrogens is 394 g/mol. The maximum Gasteiger partial charge on any atom is 0.261 e. The quantitative estimate of drug-likeness (QED) is 0.605. The van der Waals surface area contributed by atoms with Gasteiger partial charge in [-0.3, -0.25) is 4.79 Å². The van der Waals surface area contributed by atoms with E-state index in [0.717, 1.165) is 36.1 Å². The summed E-state index contributed by atoms with van der Waals surface area (Å²) in [6.45, 7) is 3.06. The fraction of sp³-hybridized carbons (Fsp3) is 0.375. The number of nitrogens with zero attached hydrogens (tertiary/aromatic N) is 3. The highest BCUT2D eigenvalue weighted by atomic mass is 16.5. The van der Waals surface area contributed by atoms with E-state index in [1.807, 2.05) is 53.4 Å². The van der Waals surface area contributed by atoms with Gasteiger partial charge in [0.15, 0.2) is 5.82 Å². The number of rotatable bonds is 6. The van der Waals surface area contributed by atoms with Crippen molar-refractivity contribution in [3.05, 3.63) is 59.9 Å². The highest BCUT2D eigenvalue weighted by Crippen LogP contribution is 2.50. The van der Waals surface area contributed by atoms with Gasteiger partial charge in [-0.05, 0) is 49.6 Å². The SMILES string of the molecule is COc1ccc(C2(C(=O)N3CCC(Oc4ccccc4-c4nc(C)no4)C3)CC2)cc1. The number of aromatic nitrogens is 2. The zero-order chi connectivity index (χ0) is 21.4. The second kappa shape index (κ2) is 7.72. The molecular formula is C24H25N3O4. The average molecular weight is 419 g/mol. The minimum absolute atomic E-state index is 0.0687. The van der Waals surface area contributed by atoms with Crippen LogP contribution in [0.15, 0.2) is 53.1 Å². The first kappa shape index (κ1) is 19.6. The number of aryl methyl sites for hydroxylation is 1. The molecule has 2 aliphatic rings. The van der Waals surface area contributed by atoms with Gasteiger partial charge in [-0.25, -0.2) is 0 Å². The van der Waals surface area contributed by atoms with E-state index in [2.05, 4.69) is 10.1 Å². The van der Waals surface area contributed by atoms with Crippen LogP contribution in [0.1, 0.15) is 30.7 Å². The summed E-state index contributed by atoms with van der Waals surface area (Å²) < 4.78 is 16.8. The molecule has 2 aromatic carbocycles. The van der Waals surface area contributed by atoms with Gasteiger partial charge in [-0.15, -0.1) is 0 Å². The lowest BCUT2D eigenvalue weighted by Crippen LogP contribution is -2.38. The Morgan fingerprint density at radius 1 is 1.16 bits per heavy atom. The molecule has 7 nitrogen and oxygen atoms in total. The molecule has 2 fully saturated rings. The third kappa shape index (κ3) is 3.65. The maximum atomic E-state index is 13.4. The van der Waals surface area contributed by atoms with Crippen molar-refractivity contribution in [1.29, 1.82) is 0 Å². The molecule has 1 atom stereocenters. The van der Waals surface area contributed by atoms with Gasteiger partial charge in [-0.1, -0.05) is 29.4 Å². The molecule has 0 N–H and O–H groups in total. The molecule has 31 heavy (non-hydrogen) atoms. The summed E-state index contributed by atoms with van der Waals surface area (Å²) in [6, 6.07) is 15.5. The number of likely N-dealkylation sites (tertiary alicyclic amines) is 1. The number of carbonyl (C=O) groups excluding carboxylic acids is 1. The largest absolute Gasteiger partial charge is 0.497 e. The van der Waals surface area contributed by atoms with E-state index in [-0.39, 0.29) is 17.4 Å². The molecule has 1 saturated heterocycles. The maximum absolute atomic E-state index is 13.4. The Kier molecular flexibility index (Phi) is 4.88. The van der Waals surface area contributed by atoms with Crippen LogP contribution in [-0.4, -0.2) is 47.3 Å². The fourth-order valence-corrected chi connectivity index (χ4v) is 4.30. The summed E-state index contributed by atoms with van der Waals surface area (Å²) in [5.74, 6) is 2.72. The standard InChI is InChI=1S/C24H25N3O4/c1-16-25-22(31-26-16)20-5-3-4-6-21(20)30-19-11-14-27(15-19)23(28)24(12-13-24)17-7-9-18(29-2)10-8-17/h3-10,19H,11-15H2,1-2H3. The van der Waals surface area contributed by atoms with E-state index >= 15 is 0 Å². The van der Waals surface area contributed by atoms with Crippen molar-refractivity contribution in [2.24, 2.45) is 0 Å². The lowest BCUT2D eigenvalue weighted by atomic mass is 9.94. The third-order valence-electron chi connectivity index (χ3n) is 6.17. The molecule has 1 saturated carbocycles. The van der Waals surface area contributed by atoms with E-state index in [9.17, 15) is 4.79 Å². The number of para-hydroxylation sites is 1. The van der Waals surface area contributed by atoms with Crippen LogP contribution >= 0.6 is 0 Å². The number of benzene rings is 2. The fourth-order valence-electron chi connectivity index (χ4n) is 4.30. The first-order chi connectivity index (χ1) is 15.1. The van der Waals surface area contributed by atoms with Crippen molar-refractivity contribution < 1.29 is 18.8 Å². The molecule has 160 valence electrons. The van der Waals surface area contributed by atoms with Crippen LogP contribution < -0.4 is 9.47 Å². The number of amides is 1. The Morgan fingerprint density at radius 2 is 1.94 bits per heavy atom. The van der Waals surface area contributed by atoms with Crippen LogP contribution in [0.25, 0.3) is 11.5 Å². The van der Waals surface area contributed by atoms with Gasteiger partial charge in [0.2, 0.25) is 5.91 Å². The van der Waals surface area contributed by atoms with E-state index < -0.39 is 0 Å². The van der Waals surface area contributed by atoms with Gasteiger partial charge < -0.3 is 18.9 Å². The Labute approximate surface area is 181 Å². The molecule has 7 heteroatoms. The lowest BCUT2D eigenvalue weighted by Gasteiger charge is -2.24. The van der Waals surface area contributed by atoms with Crippen molar-refractivity contribution in [3.63, 3.8) is 0 Å². The summed E-state index contributed by atoms with van der Waals surface area (Å²) in [5, 5.41) is 3.87. The normalized spacial score (nSPS) is 19.3. The summed E-state index contributed by atoms with van der Waals surface area (Å²) in [5.41, 5.74) is 1.45. The smallest absolute Gasteiger partial charge is 0.261 e. The highest BCUT2D eigenvalue weighted by molar-refractivity contribution is 5.91. The van der Waals surface area contributed by atoms with Gasteiger partial charge in [-0.2, -0.15) is 4.98 Å². The van der Waals surface area contributed by atoms with Gasteiger partial charge >= 0.3 is 0 Å². The molecule has 2 heterocycles. The predicted molar refractivity (Wildman–Crippen MR) is 114 cm³/mol. The Bertz CT molecular complexity index is 1090. The van der Waals surface area contributed by atoms with Crippen molar-refractivity contribution in [2.75, 3.05) is 20.2 Å². The molecule has 0 spiro atoms. The van der Waals surface area contributed by atoms with Gasteiger partial charge in [0, 0.05) is 13.0 Å². The van der Waals surface area contributed by atoms with E-state index in [0.29, 0.717) is 30.6 Å². The molecule has 3 aromatic rings. The van der Waals surface area contributed by atoms with Crippen LogP contribution in [0.3, 0.4) is 0 Å². The van der Waals surface area contributed by atoms with Crippen LogP contribution in [0.2, 0.25) is 0 Å². The van der Waals surface area contributed by atoms with Crippen LogP contribution in [0.4, 0.5) is 0 Å². The van der Waals surface area contributed by atoms with Crippen molar-refractivity contribution in [3.8, 4) is 23.0 Å². The third-order valence-corrected chi connectivity index (χ3v) is 6.17. The molecule has 1 aromatic heterocycles. The zero-order valence-corrected chi connectivity index (χ0v) is 17.7. The second-order valence-corrected chi connectivity index (χ2v) is 8.23. The molecule has 5 rings (SSSR count). The van der Waals surface area contributed by atoms with Crippen LogP contribution in [0.5, 0.6) is 11.5 Å². The lowest BCUT2D eigenvalue weighted by molar-refractivity contribution is -0.133. The van der Waals surface area contributed by atoms with Crippen molar-refractivity contribution in [1.82, 2.24) is 15.0 Å². The van der Waals surface area contributed by atoms with E-state index in [1.54, 1.807) is 14.0 Å². The Hall–Kier alpha value is -3.35. The second-order valence-electron chi connectivity index (χ2n) is 8.23. The molecule has 0 radical (unpaired) electrons. The van der Waals surface area contributed by atoms with E-state index in [1.165, 1.54) is 0 Å². The Balaban J connectivity index is 1.28. The number of carbonyl (C=O) groups is 1. The Morgan fingerprint density at radius 3 is 2.61 bits per heavy atom. The predicted octanol–water partition coefficient (Wildman–Crippen LogP) is 3.77. The molecule has 1 unspecified atom stereocenters. The van der Waals surface area contributed by atoms with Gasteiger partial charge in [0.05, 0.1) is 24.6 Å². The van der Waals surface area contributed by atoms with Crippen LogP contribution in [0, 0.1) is 6.92 Å². The van der Waals surface area contributed by atoms with E-state index in [4.69, 9.17) is 14.0 Å². The summed E-state index contributed by atoms with van der Waals surface area (Å²) in [6.07, 6.45) is 2.50. The molecule has 1 aliphatic heterocycles.